The fourth-order valence-corrected chi connectivity index (χ4v) is 4.00. The molecule has 1 aromatic carbocycles. The van der Waals surface area contributed by atoms with E-state index in [4.69, 9.17) is 9.47 Å². The predicted octanol–water partition coefficient (Wildman–Crippen LogP) is 4.19. The highest BCUT2D eigenvalue weighted by Crippen LogP contribution is 2.34. The zero-order valence-electron chi connectivity index (χ0n) is 19.8. The van der Waals surface area contributed by atoms with Crippen molar-refractivity contribution >= 4 is 5.97 Å². The van der Waals surface area contributed by atoms with Crippen LogP contribution in [0.1, 0.15) is 62.9 Å². The Hall–Kier alpha value is -2.88. The van der Waals surface area contributed by atoms with Crippen LogP contribution in [0.15, 0.2) is 35.1 Å². The second kappa shape index (κ2) is 10.2. The molecule has 0 spiro atoms. The van der Waals surface area contributed by atoms with Crippen LogP contribution in [0.2, 0.25) is 0 Å². The van der Waals surface area contributed by atoms with Crippen LogP contribution in [0.4, 0.5) is 13.2 Å². The van der Waals surface area contributed by atoms with Gasteiger partial charge in [0.25, 0.3) is 5.56 Å². The number of halogens is 3. The van der Waals surface area contributed by atoms with E-state index in [1.165, 1.54) is 7.11 Å². The van der Waals surface area contributed by atoms with Crippen molar-refractivity contribution in [3.63, 3.8) is 0 Å². The number of nitrogens with zero attached hydrogens (tertiary/aromatic N) is 3. The molecule has 1 atom stereocenters. The molecule has 1 aliphatic heterocycles. The summed E-state index contributed by atoms with van der Waals surface area (Å²) in [6, 6.07) is 7.12. The summed E-state index contributed by atoms with van der Waals surface area (Å²) in [5, 5.41) is 4.32. The van der Waals surface area contributed by atoms with Gasteiger partial charge in [0.1, 0.15) is 16.9 Å². The number of benzene rings is 1. The van der Waals surface area contributed by atoms with E-state index in [2.05, 4.69) is 5.10 Å². The first-order valence-corrected chi connectivity index (χ1v) is 11.2. The van der Waals surface area contributed by atoms with E-state index in [-0.39, 0.29) is 24.6 Å². The number of ether oxygens (including phenoxy) is 2. The zero-order chi connectivity index (χ0) is 25.1. The average Bonchev–Trinajstić information content (AvgIpc) is 3.21. The van der Waals surface area contributed by atoms with E-state index in [0.29, 0.717) is 30.8 Å². The van der Waals surface area contributed by atoms with Crippen molar-refractivity contribution < 1.29 is 27.4 Å². The van der Waals surface area contributed by atoms with Gasteiger partial charge in [-0.15, -0.1) is 0 Å². The summed E-state index contributed by atoms with van der Waals surface area (Å²) in [6.45, 7) is 6.17. The van der Waals surface area contributed by atoms with Crippen molar-refractivity contribution in [2.75, 3.05) is 20.2 Å². The topological polar surface area (TPSA) is 73.7 Å². The summed E-state index contributed by atoms with van der Waals surface area (Å²) in [6.07, 6.45) is -3.36. The highest BCUT2D eigenvalue weighted by molar-refractivity contribution is 5.70. The molecule has 186 valence electrons. The largest absolute Gasteiger partial charge is 0.497 e. The predicted molar refractivity (Wildman–Crippen MR) is 120 cm³/mol. The Kier molecular flexibility index (Phi) is 7.70. The van der Waals surface area contributed by atoms with Gasteiger partial charge < -0.3 is 9.47 Å². The van der Waals surface area contributed by atoms with E-state index >= 15 is 0 Å². The quantitative estimate of drug-likeness (QED) is 0.553. The van der Waals surface area contributed by atoms with Crippen molar-refractivity contribution in [2.45, 2.75) is 64.4 Å². The highest BCUT2D eigenvalue weighted by atomic mass is 19.4. The lowest BCUT2D eigenvalue weighted by Gasteiger charge is -2.26. The zero-order valence-corrected chi connectivity index (χ0v) is 19.8. The maximum atomic E-state index is 13.7. The van der Waals surface area contributed by atoms with Gasteiger partial charge in [0, 0.05) is 6.54 Å². The van der Waals surface area contributed by atoms with E-state index in [1.54, 1.807) is 45.0 Å². The number of carbonyl (C=O) groups is 1. The van der Waals surface area contributed by atoms with Crippen LogP contribution in [0.3, 0.4) is 0 Å². The summed E-state index contributed by atoms with van der Waals surface area (Å²) in [4.78, 5) is 26.7. The van der Waals surface area contributed by atoms with Gasteiger partial charge >= 0.3 is 12.1 Å². The fraction of sp³-hybridized carbons (Fsp3) is 0.542. The van der Waals surface area contributed by atoms with Gasteiger partial charge in [-0.3, -0.25) is 14.5 Å². The highest BCUT2D eigenvalue weighted by Gasteiger charge is 2.37. The molecular formula is C24H30F3N3O4. The summed E-state index contributed by atoms with van der Waals surface area (Å²) < 4.78 is 52.4. The third-order valence-electron chi connectivity index (χ3n) is 5.52. The summed E-state index contributed by atoms with van der Waals surface area (Å²) in [5.41, 5.74) is -2.26. The summed E-state index contributed by atoms with van der Waals surface area (Å²) >= 11 is 0. The molecule has 0 N–H and O–H groups in total. The molecule has 7 nitrogen and oxygen atoms in total. The molecule has 34 heavy (non-hydrogen) atoms. The van der Waals surface area contributed by atoms with Crippen molar-refractivity contribution in [3.05, 3.63) is 57.5 Å². The number of likely N-dealkylation sites (tertiary alicyclic amines) is 1. The molecule has 1 unspecified atom stereocenters. The number of hydrogen-bond acceptors (Lipinski definition) is 6. The molecule has 2 aromatic rings. The molecule has 1 saturated heterocycles. The van der Waals surface area contributed by atoms with Gasteiger partial charge in [0.05, 0.1) is 31.8 Å². The van der Waals surface area contributed by atoms with E-state index in [0.717, 1.165) is 17.2 Å². The van der Waals surface area contributed by atoms with Gasteiger partial charge in [-0.1, -0.05) is 12.1 Å². The summed E-state index contributed by atoms with van der Waals surface area (Å²) in [5.74, 6) is 0.229. The summed E-state index contributed by atoms with van der Waals surface area (Å²) in [7, 11) is 1.51. The van der Waals surface area contributed by atoms with Crippen LogP contribution in [0.5, 0.6) is 5.75 Å². The minimum Gasteiger partial charge on any atom is -0.497 e. The molecule has 0 radical (unpaired) electrons. The Balaban J connectivity index is 1.88. The second-order valence-electron chi connectivity index (χ2n) is 9.32. The Morgan fingerprint density at radius 3 is 2.44 bits per heavy atom. The smallest absolute Gasteiger partial charge is 0.421 e. The molecule has 1 fully saturated rings. The Labute approximate surface area is 196 Å². The molecular weight excluding hydrogens is 451 g/mol. The van der Waals surface area contributed by atoms with Gasteiger partial charge in [0.2, 0.25) is 0 Å². The maximum absolute atomic E-state index is 13.7. The molecule has 2 heterocycles. The number of methoxy groups -OCH3 is 1. The molecule has 1 aromatic heterocycles. The number of hydrogen-bond donors (Lipinski definition) is 0. The van der Waals surface area contributed by atoms with Crippen LogP contribution < -0.4 is 10.3 Å². The number of aromatic nitrogens is 2. The van der Waals surface area contributed by atoms with Crippen LogP contribution in [-0.4, -0.2) is 46.5 Å². The lowest BCUT2D eigenvalue weighted by molar-refractivity contribution is -0.155. The molecule has 3 rings (SSSR count). The van der Waals surface area contributed by atoms with E-state index in [1.807, 2.05) is 4.90 Å². The fourth-order valence-electron chi connectivity index (χ4n) is 4.00. The SMILES string of the molecule is COc1ccc(Cn2nc(C3CCCN3CCC(=O)OC(C)(C)C)cc(C(F)(F)F)c2=O)cc1. The lowest BCUT2D eigenvalue weighted by atomic mass is 10.1. The van der Waals surface area contributed by atoms with Crippen molar-refractivity contribution in [2.24, 2.45) is 0 Å². The van der Waals surface area contributed by atoms with Crippen molar-refractivity contribution in [3.8, 4) is 5.75 Å². The minimum atomic E-state index is -4.81. The van der Waals surface area contributed by atoms with Crippen LogP contribution >= 0.6 is 0 Å². The molecule has 0 saturated carbocycles. The molecule has 1 aliphatic rings. The maximum Gasteiger partial charge on any atom is 0.421 e. The van der Waals surface area contributed by atoms with E-state index < -0.39 is 28.9 Å². The lowest BCUT2D eigenvalue weighted by Crippen LogP contribution is -2.34. The van der Waals surface area contributed by atoms with Crippen molar-refractivity contribution in [1.29, 1.82) is 0 Å². The number of rotatable bonds is 7. The molecule has 0 bridgehead atoms. The van der Waals surface area contributed by atoms with E-state index in [9.17, 15) is 22.8 Å². The normalized spacial score (nSPS) is 17.1. The monoisotopic (exact) mass is 481 g/mol. The standard InChI is InChI=1S/C24H30F3N3O4/c1-23(2,3)34-21(31)11-13-29-12-5-6-20(29)19-14-18(24(25,26)27)22(32)30(28-19)15-16-7-9-17(33-4)10-8-16/h7-10,14,20H,5-6,11-13,15H2,1-4H3. The van der Waals surface area contributed by atoms with Gasteiger partial charge in [0.15, 0.2) is 0 Å². The third-order valence-corrected chi connectivity index (χ3v) is 5.52. The second-order valence-corrected chi connectivity index (χ2v) is 9.32. The molecule has 10 heteroatoms. The van der Waals surface area contributed by atoms with Crippen LogP contribution in [0.25, 0.3) is 0 Å². The molecule has 0 amide bonds. The Morgan fingerprint density at radius 1 is 1.18 bits per heavy atom. The first-order valence-electron chi connectivity index (χ1n) is 11.2. The van der Waals surface area contributed by atoms with Gasteiger partial charge in [-0.25, -0.2) is 4.68 Å². The average molecular weight is 482 g/mol. The third kappa shape index (κ3) is 6.59. The van der Waals surface area contributed by atoms with Crippen LogP contribution in [-0.2, 0) is 22.3 Å². The minimum absolute atomic E-state index is 0.107. The first kappa shape index (κ1) is 25.7. The first-order chi connectivity index (χ1) is 15.9. The number of carbonyl (C=O) groups excluding carboxylic acids is 1. The van der Waals surface area contributed by atoms with Crippen molar-refractivity contribution in [1.82, 2.24) is 14.7 Å². The van der Waals surface area contributed by atoms with Gasteiger partial charge in [-0.2, -0.15) is 18.3 Å². The number of alkyl halides is 3. The Bertz CT molecular complexity index is 1060. The van der Waals surface area contributed by atoms with Crippen LogP contribution in [0, 0.1) is 0 Å². The van der Waals surface area contributed by atoms with Gasteiger partial charge in [-0.05, 0) is 63.9 Å². The molecule has 0 aliphatic carbocycles. The number of esters is 1. The Morgan fingerprint density at radius 2 is 1.85 bits per heavy atom.